The lowest BCUT2D eigenvalue weighted by atomic mass is 9.56. The molecule has 5 nitrogen and oxygen atoms in total. The zero-order chi connectivity index (χ0) is 24.1. The zero-order valence-corrected chi connectivity index (χ0v) is 20.5. The van der Waals surface area contributed by atoms with Crippen molar-refractivity contribution in [3.8, 4) is 11.3 Å². The Bertz CT molecular complexity index is 1230. The van der Waals surface area contributed by atoms with Gasteiger partial charge in [-0.25, -0.2) is 4.39 Å². The summed E-state index contributed by atoms with van der Waals surface area (Å²) in [5, 5.41) is 8.34. The molecule has 4 aliphatic rings. The van der Waals surface area contributed by atoms with Crippen LogP contribution in [0.4, 0.5) is 10.1 Å². The molecular formula is C27H25Cl2FN2O3. The van der Waals surface area contributed by atoms with E-state index in [9.17, 15) is 9.18 Å². The second-order valence-electron chi connectivity index (χ2n) is 9.93. The number of halogens is 3. The van der Waals surface area contributed by atoms with Crippen LogP contribution in [0.5, 0.6) is 0 Å². The molecule has 4 saturated carbocycles. The summed E-state index contributed by atoms with van der Waals surface area (Å²) >= 11 is 12.9. The van der Waals surface area contributed by atoms with Crippen molar-refractivity contribution in [3.63, 3.8) is 0 Å². The van der Waals surface area contributed by atoms with E-state index in [1.165, 1.54) is 12.1 Å². The van der Waals surface area contributed by atoms with E-state index in [0.717, 1.165) is 43.4 Å². The molecule has 35 heavy (non-hydrogen) atoms. The summed E-state index contributed by atoms with van der Waals surface area (Å²) < 4.78 is 25.3. The Morgan fingerprint density at radius 2 is 1.74 bits per heavy atom. The lowest BCUT2D eigenvalue weighted by molar-refractivity contribution is -0.142. The average molecular weight is 515 g/mol. The van der Waals surface area contributed by atoms with Gasteiger partial charge in [-0.1, -0.05) is 34.4 Å². The highest BCUT2D eigenvalue weighted by Gasteiger charge is 2.51. The van der Waals surface area contributed by atoms with Gasteiger partial charge < -0.3 is 14.6 Å². The number of ether oxygens (including phenoxy) is 1. The fraction of sp³-hybridized carbons (Fsp3) is 0.407. The van der Waals surface area contributed by atoms with Crippen LogP contribution >= 0.6 is 23.2 Å². The Hall–Kier alpha value is -2.41. The predicted octanol–water partition coefficient (Wildman–Crippen LogP) is 7.23. The van der Waals surface area contributed by atoms with E-state index >= 15 is 0 Å². The van der Waals surface area contributed by atoms with Crippen molar-refractivity contribution >= 4 is 34.8 Å². The number of benzene rings is 2. The number of aromatic nitrogens is 1. The molecule has 0 radical (unpaired) electrons. The molecule has 7 rings (SSSR count). The normalized spacial score (nSPS) is 25.2. The molecule has 0 saturated heterocycles. The van der Waals surface area contributed by atoms with Crippen LogP contribution in [0.1, 0.15) is 49.3 Å². The third kappa shape index (κ3) is 4.48. The Balaban J connectivity index is 1.12. The van der Waals surface area contributed by atoms with Crippen LogP contribution in [-0.4, -0.2) is 17.2 Å². The van der Waals surface area contributed by atoms with E-state index in [1.54, 1.807) is 24.3 Å². The molecule has 4 fully saturated rings. The maximum Gasteiger partial charge on any atom is 0.228 e. The van der Waals surface area contributed by atoms with Gasteiger partial charge in [0.25, 0.3) is 0 Å². The minimum absolute atomic E-state index is 0.0157. The number of nitrogens with one attached hydrogen (secondary N) is 1. The number of amides is 1. The third-order valence-corrected chi connectivity index (χ3v) is 8.23. The number of nitrogens with zero attached hydrogens (tertiary/aromatic N) is 1. The number of rotatable bonds is 7. The average Bonchev–Trinajstić information content (AvgIpc) is 3.59. The van der Waals surface area contributed by atoms with Gasteiger partial charge in [0.15, 0.2) is 0 Å². The van der Waals surface area contributed by atoms with Gasteiger partial charge in [-0.2, -0.15) is 0 Å². The molecule has 3 aromatic rings. The lowest BCUT2D eigenvalue weighted by Crippen LogP contribution is -2.51. The molecule has 182 valence electrons. The monoisotopic (exact) mass is 514 g/mol. The summed E-state index contributed by atoms with van der Waals surface area (Å²) in [6, 6.07) is 11.3. The first-order valence-corrected chi connectivity index (χ1v) is 12.8. The summed E-state index contributed by atoms with van der Waals surface area (Å²) in [6.45, 7) is 0.378. The van der Waals surface area contributed by atoms with Gasteiger partial charge in [0, 0.05) is 28.7 Å². The van der Waals surface area contributed by atoms with Gasteiger partial charge >= 0.3 is 0 Å². The number of carbonyl (C=O) groups is 1. The first-order chi connectivity index (χ1) is 17.0. The molecule has 0 aliphatic heterocycles. The van der Waals surface area contributed by atoms with Crippen molar-refractivity contribution in [2.75, 3.05) is 5.32 Å². The quantitative estimate of drug-likeness (QED) is 0.361. The standard InChI is InChI=1S/C27H25Cl2FN2O3/c28-21-2-1-3-22(29)24(21)25-20(26(35-32-25)14-4-5-14)13-34-19-11-15-10-16(12-19)23(15)27(33)31-18-8-6-17(30)7-9-18/h1-3,6-9,14-16,19,23H,4-5,10-13H2,(H,31,33). The van der Waals surface area contributed by atoms with Crippen LogP contribution in [0.25, 0.3) is 11.3 Å². The maximum atomic E-state index is 13.1. The summed E-state index contributed by atoms with van der Waals surface area (Å²) in [5.41, 5.74) is 2.88. The van der Waals surface area contributed by atoms with Gasteiger partial charge in [-0.3, -0.25) is 4.79 Å². The zero-order valence-electron chi connectivity index (χ0n) is 19.0. The highest BCUT2D eigenvalue weighted by Crippen LogP contribution is 2.52. The molecular weight excluding hydrogens is 490 g/mol. The van der Waals surface area contributed by atoms with Crippen LogP contribution < -0.4 is 5.32 Å². The Kier molecular flexibility index (Phi) is 6.07. The number of anilines is 1. The smallest absolute Gasteiger partial charge is 0.228 e. The van der Waals surface area contributed by atoms with Crippen molar-refractivity contribution in [2.45, 2.75) is 50.7 Å². The van der Waals surface area contributed by atoms with E-state index in [1.807, 2.05) is 6.07 Å². The molecule has 0 spiro atoms. The second kappa shape index (κ2) is 9.23. The van der Waals surface area contributed by atoms with Gasteiger partial charge in [0.05, 0.1) is 22.8 Å². The van der Waals surface area contributed by atoms with E-state index in [2.05, 4.69) is 10.5 Å². The van der Waals surface area contributed by atoms with Crippen LogP contribution in [0.15, 0.2) is 47.0 Å². The molecule has 8 heteroatoms. The van der Waals surface area contributed by atoms with Crippen molar-refractivity contribution in [2.24, 2.45) is 17.8 Å². The van der Waals surface area contributed by atoms with Crippen LogP contribution in [0.3, 0.4) is 0 Å². The van der Waals surface area contributed by atoms with Crippen LogP contribution in [0, 0.1) is 23.6 Å². The number of fused-ring (bicyclic) bond motifs is 2. The minimum atomic E-state index is -0.318. The summed E-state index contributed by atoms with van der Waals surface area (Å²) in [7, 11) is 0. The summed E-state index contributed by atoms with van der Waals surface area (Å²) in [4.78, 5) is 12.8. The number of carbonyl (C=O) groups excluding carboxylic acids is 1. The number of hydrogen-bond donors (Lipinski definition) is 1. The van der Waals surface area contributed by atoms with E-state index in [-0.39, 0.29) is 23.7 Å². The summed E-state index contributed by atoms with van der Waals surface area (Å²) in [6.07, 6.45) is 4.95. The third-order valence-electron chi connectivity index (χ3n) is 7.60. The molecule has 1 N–H and O–H groups in total. The highest BCUT2D eigenvalue weighted by atomic mass is 35.5. The fourth-order valence-electron chi connectivity index (χ4n) is 5.70. The second-order valence-corrected chi connectivity index (χ2v) is 10.7. The molecule has 4 aliphatic carbocycles. The fourth-order valence-corrected chi connectivity index (χ4v) is 6.28. The van der Waals surface area contributed by atoms with Crippen LogP contribution in [0.2, 0.25) is 10.0 Å². The first-order valence-electron chi connectivity index (χ1n) is 12.1. The summed E-state index contributed by atoms with van der Waals surface area (Å²) in [5.74, 6) is 1.51. The molecule has 2 aromatic carbocycles. The van der Waals surface area contributed by atoms with Crippen molar-refractivity contribution in [3.05, 3.63) is 69.7 Å². The van der Waals surface area contributed by atoms with Gasteiger partial charge in [-0.05, 0) is 80.3 Å². The topological polar surface area (TPSA) is 64.4 Å². The molecule has 1 heterocycles. The van der Waals surface area contributed by atoms with Gasteiger partial charge in [0.2, 0.25) is 5.91 Å². The molecule has 2 bridgehead atoms. The molecule has 1 aromatic heterocycles. The Morgan fingerprint density at radius 1 is 1.06 bits per heavy atom. The lowest BCUT2D eigenvalue weighted by Gasteiger charge is -2.51. The van der Waals surface area contributed by atoms with Crippen molar-refractivity contribution in [1.82, 2.24) is 5.16 Å². The molecule has 2 atom stereocenters. The van der Waals surface area contributed by atoms with Gasteiger partial charge in [0.1, 0.15) is 17.3 Å². The highest BCUT2D eigenvalue weighted by molar-refractivity contribution is 6.39. The van der Waals surface area contributed by atoms with Crippen molar-refractivity contribution in [1.29, 1.82) is 0 Å². The predicted molar refractivity (Wildman–Crippen MR) is 132 cm³/mol. The SMILES string of the molecule is O=C(Nc1ccc(F)cc1)C1C2CC(OCc3c(-c4c(Cl)cccc4Cl)noc3C3CC3)CC1C2. The van der Waals surface area contributed by atoms with E-state index in [4.69, 9.17) is 32.5 Å². The first kappa shape index (κ1) is 23.0. The van der Waals surface area contributed by atoms with Crippen molar-refractivity contribution < 1.29 is 18.4 Å². The van der Waals surface area contributed by atoms with E-state index in [0.29, 0.717) is 51.4 Å². The molecule has 2 unspecified atom stereocenters. The Labute approximate surface area is 212 Å². The van der Waals surface area contributed by atoms with E-state index < -0.39 is 0 Å². The number of hydrogen-bond acceptors (Lipinski definition) is 4. The largest absolute Gasteiger partial charge is 0.373 e. The van der Waals surface area contributed by atoms with Crippen LogP contribution in [-0.2, 0) is 16.1 Å². The molecule has 1 amide bonds. The van der Waals surface area contributed by atoms with Gasteiger partial charge in [-0.15, -0.1) is 0 Å². The minimum Gasteiger partial charge on any atom is -0.373 e. The Morgan fingerprint density at radius 3 is 2.40 bits per heavy atom. The maximum absolute atomic E-state index is 13.1.